The van der Waals surface area contributed by atoms with E-state index in [4.69, 9.17) is 0 Å². The molecular formula is C16H16F3N. The molecule has 0 spiro atoms. The lowest BCUT2D eigenvalue weighted by Gasteiger charge is -2.15. The second-order valence-corrected chi connectivity index (χ2v) is 4.72. The van der Waals surface area contributed by atoms with Crippen LogP contribution >= 0.6 is 0 Å². The summed E-state index contributed by atoms with van der Waals surface area (Å²) in [5, 5.41) is 3.03. The van der Waals surface area contributed by atoms with E-state index in [0.717, 1.165) is 17.2 Å². The van der Waals surface area contributed by atoms with Gasteiger partial charge in [-0.3, -0.25) is 0 Å². The topological polar surface area (TPSA) is 12.0 Å². The Balaban J connectivity index is 2.52. The Morgan fingerprint density at radius 1 is 1.00 bits per heavy atom. The van der Waals surface area contributed by atoms with Crippen LogP contribution in [0.15, 0.2) is 42.5 Å². The van der Waals surface area contributed by atoms with Crippen LogP contribution in [0, 0.1) is 6.92 Å². The average Bonchev–Trinajstić information content (AvgIpc) is 2.38. The van der Waals surface area contributed by atoms with Gasteiger partial charge in [0.05, 0.1) is 5.56 Å². The first kappa shape index (κ1) is 14.6. The number of nitrogens with one attached hydrogen (secondary N) is 1. The number of hydrogen-bond donors (Lipinski definition) is 1. The van der Waals surface area contributed by atoms with Crippen molar-refractivity contribution < 1.29 is 13.2 Å². The van der Waals surface area contributed by atoms with Crippen molar-refractivity contribution >= 4 is 0 Å². The van der Waals surface area contributed by atoms with Gasteiger partial charge in [-0.2, -0.15) is 13.2 Å². The Kier molecular flexibility index (Phi) is 4.14. The zero-order valence-corrected chi connectivity index (χ0v) is 11.4. The molecule has 2 rings (SSSR count). The molecule has 0 unspecified atom stereocenters. The fraction of sp³-hybridized carbons (Fsp3) is 0.250. The van der Waals surface area contributed by atoms with E-state index in [9.17, 15) is 13.2 Å². The van der Waals surface area contributed by atoms with Gasteiger partial charge < -0.3 is 5.32 Å². The molecule has 0 atom stereocenters. The summed E-state index contributed by atoms with van der Waals surface area (Å²) in [5.74, 6) is 0. The van der Waals surface area contributed by atoms with Gasteiger partial charge in [-0.05, 0) is 42.3 Å². The monoisotopic (exact) mass is 279 g/mol. The third-order valence-electron chi connectivity index (χ3n) is 3.19. The van der Waals surface area contributed by atoms with Crippen LogP contribution < -0.4 is 5.32 Å². The summed E-state index contributed by atoms with van der Waals surface area (Å²) in [6, 6.07) is 11.2. The molecular weight excluding hydrogens is 263 g/mol. The Morgan fingerprint density at radius 3 is 2.30 bits per heavy atom. The normalized spacial score (nSPS) is 11.7. The van der Waals surface area contributed by atoms with Crippen LogP contribution in [-0.4, -0.2) is 7.05 Å². The van der Waals surface area contributed by atoms with Gasteiger partial charge in [0, 0.05) is 6.54 Å². The lowest BCUT2D eigenvalue weighted by molar-refractivity contribution is -0.137. The standard InChI is InChI=1S/C16H16F3N/c1-11-9-12(10-20-2)7-8-13(11)14-5-3-4-6-15(14)16(17,18)19/h3-9,20H,10H2,1-2H3. The van der Waals surface area contributed by atoms with Gasteiger partial charge in [0.1, 0.15) is 0 Å². The highest BCUT2D eigenvalue weighted by atomic mass is 19.4. The van der Waals surface area contributed by atoms with E-state index in [1.54, 1.807) is 12.1 Å². The molecule has 0 aliphatic heterocycles. The highest BCUT2D eigenvalue weighted by molar-refractivity contribution is 5.71. The van der Waals surface area contributed by atoms with Crippen LogP contribution in [0.4, 0.5) is 13.2 Å². The summed E-state index contributed by atoms with van der Waals surface area (Å²) in [6.07, 6.45) is -4.34. The molecule has 1 N–H and O–H groups in total. The van der Waals surface area contributed by atoms with Crippen molar-refractivity contribution in [1.29, 1.82) is 0 Å². The fourth-order valence-corrected chi connectivity index (χ4v) is 2.31. The predicted octanol–water partition coefficient (Wildman–Crippen LogP) is 4.40. The second kappa shape index (κ2) is 5.67. The average molecular weight is 279 g/mol. The Labute approximate surface area is 116 Å². The Hall–Kier alpha value is -1.81. The van der Waals surface area contributed by atoms with Gasteiger partial charge in [0.2, 0.25) is 0 Å². The first-order chi connectivity index (χ1) is 9.43. The maximum Gasteiger partial charge on any atom is 0.417 e. The molecule has 20 heavy (non-hydrogen) atoms. The molecule has 2 aromatic rings. The molecule has 0 bridgehead atoms. The van der Waals surface area contributed by atoms with E-state index in [0.29, 0.717) is 12.1 Å². The number of aryl methyl sites for hydroxylation is 1. The van der Waals surface area contributed by atoms with Crippen molar-refractivity contribution in [3.8, 4) is 11.1 Å². The number of alkyl halides is 3. The summed E-state index contributed by atoms with van der Waals surface area (Å²) < 4.78 is 39.2. The molecule has 106 valence electrons. The molecule has 0 aliphatic rings. The molecule has 0 saturated carbocycles. The Morgan fingerprint density at radius 2 is 1.70 bits per heavy atom. The van der Waals surface area contributed by atoms with Gasteiger partial charge in [-0.15, -0.1) is 0 Å². The van der Waals surface area contributed by atoms with Crippen molar-refractivity contribution in [2.75, 3.05) is 7.05 Å². The number of halogens is 3. The zero-order chi connectivity index (χ0) is 14.8. The van der Waals surface area contributed by atoms with E-state index in [-0.39, 0.29) is 5.56 Å². The molecule has 0 aromatic heterocycles. The van der Waals surface area contributed by atoms with E-state index >= 15 is 0 Å². The molecule has 0 saturated heterocycles. The van der Waals surface area contributed by atoms with Gasteiger partial charge in [0.15, 0.2) is 0 Å². The first-order valence-corrected chi connectivity index (χ1v) is 6.34. The van der Waals surface area contributed by atoms with Crippen molar-refractivity contribution in [2.24, 2.45) is 0 Å². The maximum atomic E-state index is 13.1. The molecule has 0 radical (unpaired) electrons. The molecule has 0 heterocycles. The van der Waals surface area contributed by atoms with Crippen LogP contribution in [-0.2, 0) is 12.7 Å². The minimum atomic E-state index is -4.34. The van der Waals surface area contributed by atoms with E-state index < -0.39 is 11.7 Å². The first-order valence-electron chi connectivity index (χ1n) is 6.34. The summed E-state index contributed by atoms with van der Waals surface area (Å²) in [4.78, 5) is 0. The lowest BCUT2D eigenvalue weighted by atomic mass is 9.94. The minimum absolute atomic E-state index is 0.230. The maximum absolute atomic E-state index is 13.1. The fourth-order valence-electron chi connectivity index (χ4n) is 2.31. The predicted molar refractivity (Wildman–Crippen MR) is 74.4 cm³/mol. The largest absolute Gasteiger partial charge is 0.417 e. The number of hydrogen-bond acceptors (Lipinski definition) is 1. The summed E-state index contributed by atoms with van der Waals surface area (Å²) >= 11 is 0. The van der Waals surface area contributed by atoms with Crippen molar-refractivity contribution in [2.45, 2.75) is 19.6 Å². The van der Waals surface area contributed by atoms with Gasteiger partial charge in [-0.25, -0.2) is 0 Å². The van der Waals surface area contributed by atoms with Crippen LogP contribution in [0.5, 0.6) is 0 Å². The van der Waals surface area contributed by atoms with Crippen molar-refractivity contribution in [3.05, 3.63) is 59.2 Å². The molecule has 4 heteroatoms. The minimum Gasteiger partial charge on any atom is -0.316 e. The molecule has 0 fully saturated rings. The van der Waals surface area contributed by atoms with Gasteiger partial charge in [-0.1, -0.05) is 36.4 Å². The van der Waals surface area contributed by atoms with Crippen molar-refractivity contribution in [3.63, 3.8) is 0 Å². The van der Waals surface area contributed by atoms with E-state index in [2.05, 4.69) is 5.32 Å². The van der Waals surface area contributed by atoms with E-state index in [1.165, 1.54) is 12.1 Å². The van der Waals surface area contributed by atoms with Crippen LogP contribution in [0.2, 0.25) is 0 Å². The highest BCUT2D eigenvalue weighted by Gasteiger charge is 2.33. The highest BCUT2D eigenvalue weighted by Crippen LogP contribution is 2.38. The summed E-state index contributed by atoms with van der Waals surface area (Å²) in [6.45, 7) is 2.53. The number of rotatable bonds is 3. The Bertz CT molecular complexity index is 603. The van der Waals surface area contributed by atoms with Gasteiger partial charge in [0.25, 0.3) is 0 Å². The second-order valence-electron chi connectivity index (χ2n) is 4.72. The SMILES string of the molecule is CNCc1ccc(-c2ccccc2C(F)(F)F)c(C)c1. The van der Waals surface area contributed by atoms with Crippen LogP contribution in [0.25, 0.3) is 11.1 Å². The smallest absolute Gasteiger partial charge is 0.316 e. The van der Waals surface area contributed by atoms with Crippen LogP contribution in [0.1, 0.15) is 16.7 Å². The quantitative estimate of drug-likeness (QED) is 0.878. The van der Waals surface area contributed by atoms with E-state index in [1.807, 2.05) is 26.1 Å². The summed E-state index contributed by atoms with van der Waals surface area (Å²) in [7, 11) is 1.84. The number of benzene rings is 2. The third kappa shape index (κ3) is 3.02. The third-order valence-corrected chi connectivity index (χ3v) is 3.19. The molecule has 2 aromatic carbocycles. The van der Waals surface area contributed by atoms with Crippen molar-refractivity contribution in [1.82, 2.24) is 5.32 Å². The molecule has 1 nitrogen and oxygen atoms in total. The zero-order valence-electron chi connectivity index (χ0n) is 11.4. The lowest BCUT2D eigenvalue weighted by Crippen LogP contribution is -2.08. The molecule has 0 aliphatic carbocycles. The molecule has 0 amide bonds. The van der Waals surface area contributed by atoms with Gasteiger partial charge >= 0.3 is 6.18 Å². The van der Waals surface area contributed by atoms with Crippen LogP contribution in [0.3, 0.4) is 0 Å². The summed E-state index contributed by atoms with van der Waals surface area (Å²) in [5.41, 5.74) is 2.16.